The number of aliphatic carboxylic acids is 1. The predicted molar refractivity (Wildman–Crippen MR) is 69.6 cm³/mol. The fourth-order valence-corrected chi connectivity index (χ4v) is 1.89. The molecule has 0 fully saturated rings. The highest BCUT2D eigenvalue weighted by Crippen LogP contribution is 2.20. The molecule has 0 heterocycles. The molecule has 0 unspecified atom stereocenters. The number of rotatable bonds is 5. The van der Waals surface area contributed by atoms with Gasteiger partial charge in [0, 0.05) is 16.6 Å². The second-order valence-corrected chi connectivity index (χ2v) is 5.02. The SMILES string of the molecule is CC(C)[C@H](NCc1cc(Cl)ccc1Cl)C(=O)O. The summed E-state index contributed by atoms with van der Waals surface area (Å²) in [5, 5.41) is 13.1. The first kappa shape index (κ1) is 14.3. The molecule has 1 aromatic carbocycles. The maximum absolute atomic E-state index is 11.0. The van der Waals surface area contributed by atoms with Crippen molar-refractivity contribution in [2.75, 3.05) is 0 Å². The lowest BCUT2D eigenvalue weighted by Crippen LogP contribution is -2.40. The van der Waals surface area contributed by atoms with Crippen LogP contribution in [0.4, 0.5) is 0 Å². The number of halogens is 2. The van der Waals surface area contributed by atoms with Crippen LogP contribution in [0.25, 0.3) is 0 Å². The molecule has 0 radical (unpaired) electrons. The molecular weight excluding hydrogens is 261 g/mol. The Labute approximate surface area is 111 Å². The summed E-state index contributed by atoms with van der Waals surface area (Å²) in [7, 11) is 0. The third-order valence-electron chi connectivity index (χ3n) is 2.45. The molecule has 0 saturated heterocycles. The minimum Gasteiger partial charge on any atom is -0.480 e. The number of carbonyl (C=O) groups is 1. The van der Waals surface area contributed by atoms with Crippen molar-refractivity contribution >= 4 is 29.2 Å². The van der Waals surface area contributed by atoms with Crippen LogP contribution >= 0.6 is 23.2 Å². The molecule has 1 aromatic rings. The normalized spacial score (nSPS) is 12.8. The van der Waals surface area contributed by atoms with Crippen LogP contribution in [-0.2, 0) is 11.3 Å². The van der Waals surface area contributed by atoms with Gasteiger partial charge in [0.2, 0.25) is 0 Å². The molecule has 0 spiro atoms. The van der Waals surface area contributed by atoms with Crippen LogP contribution in [0.5, 0.6) is 0 Å². The van der Waals surface area contributed by atoms with Crippen molar-refractivity contribution < 1.29 is 9.90 Å². The van der Waals surface area contributed by atoms with E-state index in [1.54, 1.807) is 18.2 Å². The van der Waals surface area contributed by atoms with E-state index in [1.807, 2.05) is 13.8 Å². The molecule has 0 aliphatic carbocycles. The van der Waals surface area contributed by atoms with Crippen LogP contribution in [-0.4, -0.2) is 17.1 Å². The van der Waals surface area contributed by atoms with E-state index >= 15 is 0 Å². The summed E-state index contributed by atoms with van der Waals surface area (Å²) < 4.78 is 0. The number of hydrogen-bond acceptors (Lipinski definition) is 2. The first-order chi connectivity index (χ1) is 7.91. The minimum absolute atomic E-state index is 0.00506. The second-order valence-electron chi connectivity index (χ2n) is 4.18. The maximum atomic E-state index is 11.0. The Balaban J connectivity index is 2.72. The van der Waals surface area contributed by atoms with Crippen molar-refractivity contribution in [3.05, 3.63) is 33.8 Å². The topological polar surface area (TPSA) is 49.3 Å². The zero-order chi connectivity index (χ0) is 13.0. The Bertz CT molecular complexity index is 407. The van der Waals surface area contributed by atoms with Crippen LogP contribution in [0.3, 0.4) is 0 Å². The Kier molecular flexibility index (Phi) is 5.25. The highest BCUT2D eigenvalue weighted by atomic mass is 35.5. The molecule has 0 amide bonds. The summed E-state index contributed by atoms with van der Waals surface area (Å²) >= 11 is 11.8. The summed E-state index contributed by atoms with van der Waals surface area (Å²) in [6.45, 7) is 4.09. The molecule has 0 aliphatic heterocycles. The molecule has 1 rings (SSSR count). The van der Waals surface area contributed by atoms with E-state index < -0.39 is 12.0 Å². The average molecular weight is 276 g/mol. The molecule has 0 saturated carbocycles. The van der Waals surface area contributed by atoms with Crippen LogP contribution < -0.4 is 5.32 Å². The molecule has 2 N–H and O–H groups in total. The third-order valence-corrected chi connectivity index (χ3v) is 3.06. The molecule has 0 aromatic heterocycles. The number of carboxylic acid groups (broad SMARTS) is 1. The molecule has 5 heteroatoms. The van der Waals surface area contributed by atoms with Crippen molar-refractivity contribution in [1.82, 2.24) is 5.32 Å². The number of nitrogens with one attached hydrogen (secondary N) is 1. The highest BCUT2D eigenvalue weighted by molar-refractivity contribution is 6.33. The quantitative estimate of drug-likeness (QED) is 0.868. The van der Waals surface area contributed by atoms with Gasteiger partial charge in [-0.15, -0.1) is 0 Å². The Hall–Kier alpha value is -0.770. The van der Waals surface area contributed by atoms with Crippen molar-refractivity contribution in [2.24, 2.45) is 5.92 Å². The molecule has 0 aliphatic rings. The first-order valence-electron chi connectivity index (χ1n) is 5.32. The smallest absolute Gasteiger partial charge is 0.320 e. The van der Waals surface area contributed by atoms with Gasteiger partial charge < -0.3 is 10.4 Å². The zero-order valence-corrected chi connectivity index (χ0v) is 11.2. The standard InChI is InChI=1S/C12H15Cl2NO2/c1-7(2)11(12(16)17)15-6-8-5-9(13)3-4-10(8)14/h3-5,7,11,15H,6H2,1-2H3,(H,16,17)/t11-/m0/s1. The lowest BCUT2D eigenvalue weighted by Gasteiger charge is -2.18. The minimum atomic E-state index is -0.863. The molecular formula is C12H15Cl2NO2. The van der Waals surface area contributed by atoms with Gasteiger partial charge in [0.15, 0.2) is 0 Å². The molecule has 0 bridgehead atoms. The van der Waals surface area contributed by atoms with Crippen molar-refractivity contribution in [3.63, 3.8) is 0 Å². The van der Waals surface area contributed by atoms with Crippen molar-refractivity contribution in [3.8, 4) is 0 Å². The van der Waals surface area contributed by atoms with E-state index in [0.717, 1.165) is 5.56 Å². The highest BCUT2D eigenvalue weighted by Gasteiger charge is 2.20. The van der Waals surface area contributed by atoms with Gasteiger partial charge in [-0.1, -0.05) is 37.0 Å². The predicted octanol–water partition coefficient (Wildman–Crippen LogP) is 3.19. The number of hydrogen-bond donors (Lipinski definition) is 2. The van der Waals surface area contributed by atoms with Gasteiger partial charge >= 0.3 is 5.97 Å². The number of benzene rings is 1. The summed E-state index contributed by atoms with van der Waals surface area (Å²) in [5.41, 5.74) is 0.797. The third kappa shape index (κ3) is 4.19. The summed E-state index contributed by atoms with van der Waals surface area (Å²) in [6.07, 6.45) is 0. The number of carboxylic acids is 1. The van der Waals surface area contributed by atoms with E-state index in [9.17, 15) is 4.79 Å². The average Bonchev–Trinajstić information content (AvgIpc) is 2.22. The fourth-order valence-electron chi connectivity index (χ4n) is 1.51. The largest absolute Gasteiger partial charge is 0.480 e. The van der Waals surface area contributed by atoms with Gasteiger partial charge in [-0.25, -0.2) is 0 Å². The van der Waals surface area contributed by atoms with Gasteiger partial charge in [-0.2, -0.15) is 0 Å². The zero-order valence-electron chi connectivity index (χ0n) is 9.71. The summed E-state index contributed by atoms with van der Waals surface area (Å²) in [4.78, 5) is 11.0. The Morgan fingerprint density at radius 3 is 2.59 bits per heavy atom. The first-order valence-corrected chi connectivity index (χ1v) is 6.07. The Morgan fingerprint density at radius 1 is 1.41 bits per heavy atom. The van der Waals surface area contributed by atoms with E-state index in [1.165, 1.54) is 0 Å². The summed E-state index contributed by atoms with van der Waals surface area (Å²) in [5.74, 6) is -0.858. The fraction of sp³-hybridized carbons (Fsp3) is 0.417. The van der Waals surface area contributed by atoms with E-state index in [4.69, 9.17) is 28.3 Å². The van der Waals surface area contributed by atoms with Gasteiger partial charge in [0.25, 0.3) is 0 Å². The van der Waals surface area contributed by atoms with Crippen LogP contribution in [0.15, 0.2) is 18.2 Å². The van der Waals surface area contributed by atoms with Crippen LogP contribution in [0.2, 0.25) is 10.0 Å². The van der Waals surface area contributed by atoms with Crippen molar-refractivity contribution in [1.29, 1.82) is 0 Å². The molecule has 1 atom stereocenters. The van der Waals surface area contributed by atoms with E-state index in [-0.39, 0.29) is 5.92 Å². The van der Waals surface area contributed by atoms with Gasteiger partial charge in [-0.3, -0.25) is 4.79 Å². The molecule has 3 nitrogen and oxygen atoms in total. The lowest BCUT2D eigenvalue weighted by molar-refractivity contribution is -0.140. The van der Waals surface area contributed by atoms with Crippen LogP contribution in [0.1, 0.15) is 19.4 Å². The molecule has 17 heavy (non-hydrogen) atoms. The van der Waals surface area contributed by atoms with Crippen molar-refractivity contribution in [2.45, 2.75) is 26.4 Å². The Morgan fingerprint density at radius 2 is 2.06 bits per heavy atom. The summed E-state index contributed by atoms with van der Waals surface area (Å²) in [6, 6.07) is 4.54. The van der Waals surface area contributed by atoms with Crippen LogP contribution in [0, 0.1) is 5.92 Å². The monoisotopic (exact) mass is 275 g/mol. The van der Waals surface area contributed by atoms with Gasteiger partial charge in [-0.05, 0) is 29.7 Å². The van der Waals surface area contributed by atoms with Gasteiger partial charge in [0.1, 0.15) is 6.04 Å². The van der Waals surface area contributed by atoms with E-state index in [0.29, 0.717) is 16.6 Å². The molecule has 94 valence electrons. The maximum Gasteiger partial charge on any atom is 0.320 e. The van der Waals surface area contributed by atoms with E-state index in [2.05, 4.69) is 5.32 Å². The lowest BCUT2D eigenvalue weighted by atomic mass is 10.0. The second kappa shape index (κ2) is 6.24. The van der Waals surface area contributed by atoms with Gasteiger partial charge in [0.05, 0.1) is 0 Å².